The fourth-order valence-electron chi connectivity index (χ4n) is 3.32. The van der Waals surface area contributed by atoms with Crippen LogP contribution >= 0.6 is 0 Å². The van der Waals surface area contributed by atoms with Gasteiger partial charge in [-0.2, -0.15) is 0 Å². The average Bonchev–Trinajstić information content (AvgIpc) is 2.82. The Kier molecular flexibility index (Phi) is 4.84. The lowest BCUT2D eigenvalue weighted by Gasteiger charge is -2.19. The Morgan fingerprint density at radius 3 is 2.23 bits per heavy atom. The lowest BCUT2D eigenvalue weighted by Crippen LogP contribution is -2.05. The Hall–Kier alpha value is -3.02. The number of ether oxygens (including phenoxy) is 4. The van der Waals surface area contributed by atoms with Gasteiger partial charge in [0.15, 0.2) is 17.3 Å². The van der Waals surface area contributed by atoms with Gasteiger partial charge >= 0.3 is 5.97 Å². The van der Waals surface area contributed by atoms with Gasteiger partial charge in [0.1, 0.15) is 0 Å². The van der Waals surface area contributed by atoms with Crippen molar-refractivity contribution in [3.63, 3.8) is 0 Å². The highest BCUT2D eigenvalue weighted by Crippen LogP contribution is 2.49. The number of aryl methyl sites for hydroxylation is 1. The zero-order valence-electron chi connectivity index (χ0n) is 15.2. The van der Waals surface area contributed by atoms with Crippen molar-refractivity contribution in [2.75, 3.05) is 28.4 Å². The van der Waals surface area contributed by atoms with Gasteiger partial charge in [0.25, 0.3) is 0 Å². The topological polar surface area (TPSA) is 71.1 Å². The molecule has 0 unspecified atom stereocenters. The van der Waals surface area contributed by atoms with E-state index in [0.29, 0.717) is 46.8 Å². The number of ketones is 1. The maximum absolute atomic E-state index is 12.6. The molecule has 6 heteroatoms. The van der Waals surface area contributed by atoms with E-state index in [1.54, 1.807) is 25.3 Å². The van der Waals surface area contributed by atoms with Crippen LogP contribution in [0.4, 0.5) is 0 Å². The lowest BCUT2D eigenvalue weighted by molar-refractivity contribution is 0.0600. The Bertz CT molecular complexity index is 884. The van der Waals surface area contributed by atoms with Gasteiger partial charge in [0, 0.05) is 17.5 Å². The zero-order chi connectivity index (χ0) is 18.8. The molecular formula is C20H20O6. The third-order valence-corrected chi connectivity index (χ3v) is 4.54. The summed E-state index contributed by atoms with van der Waals surface area (Å²) >= 11 is 0. The minimum Gasteiger partial charge on any atom is -0.493 e. The summed E-state index contributed by atoms with van der Waals surface area (Å²) < 4.78 is 21.3. The number of benzene rings is 2. The molecule has 1 aliphatic rings. The number of esters is 1. The van der Waals surface area contributed by atoms with Crippen LogP contribution in [0, 0.1) is 0 Å². The Balaban J connectivity index is 2.38. The Morgan fingerprint density at radius 2 is 1.62 bits per heavy atom. The van der Waals surface area contributed by atoms with E-state index in [9.17, 15) is 9.59 Å². The summed E-state index contributed by atoms with van der Waals surface area (Å²) in [6, 6.07) is 6.78. The van der Waals surface area contributed by atoms with Crippen LogP contribution in [0.1, 0.15) is 32.7 Å². The molecule has 3 rings (SSSR count). The summed E-state index contributed by atoms with van der Waals surface area (Å²) in [5.41, 5.74) is 3.17. The second kappa shape index (κ2) is 7.07. The standard InChI is InChI=1S/C20H20O6/c1-23-16-10-11-6-8-15(21)13-7-5-12(20(22)26-4)9-14(13)17(11)19(25-3)18(16)24-2/h5,7,9-10H,6,8H2,1-4H3. The largest absolute Gasteiger partial charge is 0.493 e. The van der Waals surface area contributed by atoms with Crippen LogP contribution < -0.4 is 14.2 Å². The van der Waals surface area contributed by atoms with Gasteiger partial charge < -0.3 is 18.9 Å². The number of methoxy groups -OCH3 is 4. The van der Waals surface area contributed by atoms with E-state index in [2.05, 4.69) is 0 Å². The van der Waals surface area contributed by atoms with Gasteiger partial charge in [-0.15, -0.1) is 0 Å². The van der Waals surface area contributed by atoms with E-state index in [0.717, 1.165) is 11.1 Å². The van der Waals surface area contributed by atoms with Crippen molar-refractivity contribution in [3.05, 3.63) is 41.0 Å². The van der Waals surface area contributed by atoms with E-state index >= 15 is 0 Å². The number of carbonyl (C=O) groups is 2. The maximum atomic E-state index is 12.6. The monoisotopic (exact) mass is 356 g/mol. The minimum atomic E-state index is -0.467. The van der Waals surface area contributed by atoms with E-state index in [1.807, 2.05) is 6.07 Å². The molecule has 0 saturated carbocycles. The third-order valence-electron chi connectivity index (χ3n) is 4.54. The van der Waals surface area contributed by atoms with Crippen LogP contribution in [0.3, 0.4) is 0 Å². The van der Waals surface area contributed by atoms with Crippen LogP contribution in [-0.2, 0) is 11.2 Å². The number of fused-ring (bicyclic) bond motifs is 3. The fraction of sp³-hybridized carbons (Fsp3) is 0.300. The second-order valence-electron chi connectivity index (χ2n) is 5.85. The molecule has 0 heterocycles. The lowest BCUT2D eigenvalue weighted by atomic mass is 9.93. The van der Waals surface area contributed by atoms with Crippen LogP contribution in [0.15, 0.2) is 24.3 Å². The van der Waals surface area contributed by atoms with Crippen molar-refractivity contribution >= 4 is 11.8 Å². The molecule has 0 aromatic heterocycles. The molecule has 2 aromatic rings. The molecule has 0 atom stereocenters. The predicted molar refractivity (Wildman–Crippen MR) is 95.5 cm³/mol. The quantitative estimate of drug-likeness (QED) is 0.783. The van der Waals surface area contributed by atoms with Gasteiger partial charge in [0.05, 0.1) is 34.0 Å². The molecule has 0 radical (unpaired) electrons. The van der Waals surface area contributed by atoms with Crippen molar-refractivity contribution in [1.29, 1.82) is 0 Å². The van der Waals surface area contributed by atoms with E-state index in [1.165, 1.54) is 21.3 Å². The smallest absolute Gasteiger partial charge is 0.337 e. The number of hydrogen-bond donors (Lipinski definition) is 0. The molecule has 0 bridgehead atoms. The van der Waals surface area contributed by atoms with Crippen LogP contribution in [-0.4, -0.2) is 40.2 Å². The first-order chi connectivity index (χ1) is 12.5. The molecule has 136 valence electrons. The number of Topliss-reactive ketones (excluding diaryl/α,β-unsaturated/α-hetero) is 1. The third kappa shape index (κ3) is 2.77. The number of rotatable bonds is 4. The van der Waals surface area contributed by atoms with E-state index in [-0.39, 0.29) is 5.78 Å². The number of carbonyl (C=O) groups excluding carboxylic acids is 2. The van der Waals surface area contributed by atoms with Crippen molar-refractivity contribution in [3.8, 4) is 28.4 Å². The normalized spacial score (nSPS) is 12.5. The highest BCUT2D eigenvalue weighted by atomic mass is 16.5. The van der Waals surface area contributed by atoms with Crippen molar-refractivity contribution in [2.24, 2.45) is 0 Å². The van der Waals surface area contributed by atoms with E-state index in [4.69, 9.17) is 18.9 Å². The van der Waals surface area contributed by atoms with Gasteiger partial charge in [-0.1, -0.05) is 0 Å². The molecule has 26 heavy (non-hydrogen) atoms. The molecule has 0 saturated heterocycles. The molecule has 0 spiro atoms. The Morgan fingerprint density at radius 1 is 0.885 bits per heavy atom. The molecular weight excluding hydrogens is 336 g/mol. The highest BCUT2D eigenvalue weighted by molar-refractivity contribution is 6.06. The van der Waals surface area contributed by atoms with Crippen LogP contribution in [0.25, 0.3) is 11.1 Å². The molecule has 0 amide bonds. The Labute approximate surface area is 151 Å². The van der Waals surface area contributed by atoms with Gasteiger partial charge in [-0.25, -0.2) is 4.79 Å². The highest BCUT2D eigenvalue weighted by Gasteiger charge is 2.28. The van der Waals surface area contributed by atoms with Gasteiger partial charge in [-0.05, 0) is 41.8 Å². The SMILES string of the molecule is COC(=O)c1ccc2c(c1)-c1c(cc(OC)c(OC)c1OC)CCC2=O. The van der Waals surface area contributed by atoms with Gasteiger partial charge in [0.2, 0.25) is 5.75 Å². The summed E-state index contributed by atoms with van der Waals surface area (Å²) in [5, 5.41) is 0. The van der Waals surface area contributed by atoms with E-state index < -0.39 is 5.97 Å². The molecule has 2 aromatic carbocycles. The second-order valence-corrected chi connectivity index (χ2v) is 5.85. The van der Waals surface area contributed by atoms with Crippen molar-refractivity contribution < 1.29 is 28.5 Å². The zero-order valence-corrected chi connectivity index (χ0v) is 15.2. The summed E-state index contributed by atoms with van der Waals surface area (Å²) in [5.74, 6) is 0.985. The minimum absolute atomic E-state index is 0.00704. The van der Waals surface area contributed by atoms with Crippen LogP contribution in [0.2, 0.25) is 0 Å². The summed E-state index contributed by atoms with van der Waals surface area (Å²) in [6.07, 6.45) is 0.892. The average molecular weight is 356 g/mol. The predicted octanol–water partition coefficient (Wildman–Crippen LogP) is 3.29. The van der Waals surface area contributed by atoms with Crippen molar-refractivity contribution in [1.82, 2.24) is 0 Å². The molecule has 0 aliphatic heterocycles. The summed E-state index contributed by atoms with van der Waals surface area (Å²) in [6.45, 7) is 0. The summed E-state index contributed by atoms with van der Waals surface area (Å²) in [7, 11) is 5.94. The first kappa shape index (κ1) is 17.8. The molecule has 0 N–H and O–H groups in total. The summed E-state index contributed by atoms with van der Waals surface area (Å²) in [4.78, 5) is 24.6. The van der Waals surface area contributed by atoms with Crippen molar-refractivity contribution in [2.45, 2.75) is 12.8 Å². The van der Waals surface area contributed by atoms with Gasteiger partial charge in [-0.3, -0.25) is 4.79 Å². The number of hydrogen-bond acceptors (Lipinski definition) is 6. The molecule has 1 aliphatic carbocycles. The fourth-order valence-corrected chi connectivity index (χ4v) is 3.32. The maximum Gasteiger partial charge on any atom is 0.337 e. The first-order valence-electron chi connectivity index (χ1n) is 8.13. The first-order valence-corrected chi connectivity index (χ1v) is 8.13. The molecule has 6 nitrogen and oxygen atoms in total. The van der Waals surface area contributed by atoms with Crippen LogP contribution in [0.5, 0.6) is 17.2 Å². The molecule has 0 fully saturated rings.